The molecule has 0 saturated carbocycles. The molecule has 9 heteroatoms. The molecule has 1 aromatic carbocycles. The minimum Gasteiger partial charge on any atom is -0.497 e. The van der Waals surface area contributed by atoms with E-state index in [-0.39, 0.29) is 12.1 Å². The zero-order valence-corrected chi connectivity index (χ0v) is 15.7. The Morgan fingerprint density at radius 1 is 1.22 bits per heavy atom. The normalized spacial score (nSPS) is 12.9. The molecular weight excluding hydrogens is 348 g/mol. The molecule has 9 nitrogen and oxygen atoms in total. The highest BCUT2D eigenvalue weighted by molar-refractivity contribution is 5.89. The number of anilines is 1. The van der Waals surface area contributed by atoms with E-state index >= 15 is 0 Å². The molecule has 2 N–H and O–H groups in total. The van der Waals surface area contributed by atoms with E-state index in [1.54, 1.807) is 55.3 Å². The first-order valence-electron chi connectivity index (χ1n) is 8.67. The number of benzene rings is 1. The van der Waals surface area contributed by atoms with Crippen molar-refractivity contribution in [2.24, 2.45) is 0 Å². The van der Waals surface area contributed by atoms with Crippen molar-refractivity contribution in [3.63, 3.8) is 0 Å². The third kappa shape index (κ3) is 4.49. The Morgan fingerprint density at radius 2 is 1.96 bits per heavy atom. The van der Waals surface area contributed by atoms with Crippen LogP contribution in [0.2, 0.25) is 0 Å². The summed E-state index contributed by atoms with van der Waals surface area (Å²) < 4.78 is 6.98. The maximum atomic E-state index is 12.1. The van der Waals surface area contributed by atoms with Crippen molar-refractivity contribution in [1.82, 2.24) is 24.9 Å². The zero-order chi connectivity index (χ0) is 19.4. The van der Waals surface area contributed by atoms with Crippen LogP contribution in [0.1, 0.15) is 11.4 Å². The Morgan fingerprint density at radius 3 is 2.63 bits per heavy atom. The standard InChI is InChI=1S/C18H24N6O3/c1-22(2)18(26)23-8-9-24-15(12-23)10-14(21-24)11-19-17(25)20-13-4-6-16(27-3)7-5-13/h4-7,10H,8-9,11-12H2,1-3H3,(H2,19,20,25). The van der Waals surface area contributed by atoms with E-state index in [2.05, 4.69) is 15.7 Å². The van der Waals surface area contributed by atoms with E-state index in [1.165, 1.54) is 0 Å². The number of methoxy groups -OCH3 is 1. The maximum absolute atomic E-state index is 12.1. The van der Waals surface area contributed by atoms with Crippen molar-refractivity contribution in [3.05, 3.63) is 41.7 Å². The van der Waals surface area contributed by atoms with E-state index in [0.29, 0.717) is 31.9 Å². The Balaban J connectivity index is 1.53. The molecule has 2 aromatic rings. The van der Waals surface area contributed by atoms with Gasteiger partial charge in [0.1, 0.15) is 5.75 Å². The van der Waals surface area contributed by atoms with Crippen LogP contribution in [-0.2, 0) is 19.6 Å². The number of rotatable bonds is 4. The first-order valence-corrected chi connectivity index (χ1v) is 8.67. The molecule has 0 spiro atoms. The number of urea groups is 2. The molecule has 0 radical (unpaired) electrons. The molecule has 0 saturated heterocycles. The molecule has 27 heavy (non-hydrogen) atoms. The predicted octanol–water partition coefficient (Wildman–Crippen LogP) is 1.71. The van der Waals surface area contributed by atoms with Crippen molar-refractivity contribution < 1.29 is 14.3 Å². The van der Waals surface area contributed by atoms with Gasteiger partial charge in [0, 0.05) is 26.3 Å². The van der Waals surface area contributed by atoms with Gasteiger partial charge in [0.2, 0.25) is 0 Å². The van der Waals surface area contributed by atoms with E-state index in [9.17, 15) is 9.59 Å². The molecule has 2 heterocycles. The van der Waals surface area contributed by atoms with E-state index in [1.807, 2.05) is 10.7 Å². The summed E-state index contributed by atoms with van der Waals surface area (Å²) in [6.45, 7) is 2.09. The van der Waals surface area contributed by atoms with Crippen LogP contribution in [0.25, 0.3) is 0 Å². The summed E-state index contributed by atoms with van der Waals surface area (Å²) in [5, 5.41) is 10.0. The molecule has 1 aromatic heterocycles. The second-order valence-corrected chi connectivity index (χ2v) is 6.48. The van der Waals surface area contributed by atoms with Gasteiger partial charge in [-0.2, -0.15) is 5.10 Å². The van der Waals surface area contributed by atoms with Gasteiger partial charge < -0.3 is 25.2 Å². The number of aromatic nitrogens is 2. The van der Waals surface area contributed by atoms with E-state index < -0.39 is 0 Å². The molecule has 1 aliphatic rings. The average Bonchev–Trinajstić information content (AvgIpc) is 3.08. The molecule has 0 aliphatic carbocycles. The predicted molar refractivity (Wildman–Crippen MR) is 101 cm³/mol. The van der Waals surface area contributed by atoms with Crippen LogP contribution in [0, 0.1) is 0 Å². The van der Waals surface area contributed by atoms with Crippen molar-refractivity contribution in [3.8, 4) is 5.75 Å². The molecule has 0 fully saturated rings. The minimum atomic E-state index is -0.310. The highest BCUT2D eigenvalue weighted by atomic mass is 16.5. The molecule has 3 rings (SSSR count). The van der Waals surface area contributed by atoms with Crippen LogP contribution in [0.15, 0.2) is 30.3 Å². The number of fused-ring (bicyclic) bond motifs is 1. The largest absolute Gasteiger partial charge is 0.497 e. The summed E-state index contributed by atoms with van der Waals surface area (Å²) in [6, 6.07) is 8.69. The van der Waals surface area contributed by atoms with Gasteiger partial charge >= 0.3 is 12.1 Å². The Kier molecular flexibility index (Phi) is 5.49. The Labute approximate surface area is 157 Å². The number of nitrogens with zero attached hydrogens (tertiary/aromatic N) is 4. The molecule has 0 unspecified atom stereocenters. The highest BCUT2D eigenvalue weighted by Gasteiger charge is 2.23. The van der Waals surface area contributed by atoms with Crippen molar-refractivity contribution in [2.45, 2.75) is 19.6 Å². The molecule has 144 valence electrons. The number of hydrogen-bond donors (Lipinski definition) is 2. The van der Waals surface area contributed by atoms with Gasteiger partial charge in [0.25, 0.3) is 0 Å². The summed E-state index contributed by atoms with van der Waals surface area (Å²) in [5.41, 5.74) is 2.40. The zero-order valence-electron chi connectivity index (χ0n) is 15.7. The molecular formula is C18H24N6O3. The van der Waals surface area contributed by atoms with Gasteiger partial charge in [-0.3, -0.25) is 4.68 Å². The van der Waals surface area contributed by atoms with Crippen LogP contribution in [-0.4, -0.2) is 59.4 Å². The second-order valence-electron chi connectivity index (χ2n) is 6.48. The van der Waals surface area contributed by atoms with Crippen LogP contribution in [0.4, 0.5) is 15.3 Å². The maximum Gasteiger partial charge on any atom is 0.319 e. The van der Waals surface area contributed by atoms with Gasteiger partial charge in [-0.15, -0.1) is 0 Å². The number of ether oxygens (including phenoxy) is 1. The lowest BCUT2D eigenvalue weighted by molar-refractivity contribution is 0.155. The lowest BCUT2D eigenvalue weighted by Gasteiger charge is -2.29. The first-order chi connectivity index (χ1) is 13.0. The number of carbonyl (C=O) groups excluding carboxylic acids is 2. The Hall–Kier alpha value is -3.23. The minimum absolute atomic E-state index is 0.0130. The topological polar surface area (TPSA) is 91.7 Å². The number of nitrogens with one attached hydrogen (secondary N) is 2. The van der Waals surface area contributed by atoms with Gasteiger partial charge in [-0.25, -0.2) is 9.59 Å². The quantitative estimate of drug-likeness (QED) is 0.855. The van der Waals surface area contributed by atoms with Crippen LogP contribution < -0.4 is 15.4 Å². The van der Waals surface area contributed by atoms with Crippen molar-refractivity contribution in [1.29, 1.82) is 0 Å². The number of amides is 4. The number of hydrogen-bond acceptors (Lipinski definition) is 4. The summed E-state index contributed by atoms with van der Waals surface area (Å²) >= 11 is 0. The molecule has 4 amide bonds. The van der Waals surface area contributed by atoms with Crippen molar-refractivity contribution >= 4 is 17.7 Å². The van der Waals surface area contributed by atoms with E-state index in [0.717, 1.165) is 17.1 Å². The average molecular weight is 372 g/mol. The fourth-order valence-electron chi connectivity index (χ4n) is 2.88. The SMILES string of the molecule is COc1ccc(NC(=O)NCc2cc3n(n2)CCN(C(=O)N(C)C)C3)cc1. The summed E-state index contributed by atoms with van der Waals surface area (Å²) in [6.07, 6.45) is 0. The smallest absolute Gasteiger partial charge is 0.319 e. The van der Waals surface area contributed by atoms with Gasteiger partial charge in [-0.1, -0.05) is 0 Å². The first kappa shape index (κ1) is 18.6. The van der Waals surface area contributed by atoms with Gasteiger partial charge in [0.05, 0.1) is 38.1 Å². The van der Waals surface area contributed by atoms with E-state index in [4.69, 9.17) is 4.74 Å². The monoisotopic (exact) mass is 372 g/mol. The third-order valence-corrected chi connectivity index (χ3v) is 4.28. The Bertz CT molecular complexity index is 815. The van der Waals surface area contributed by atoms with Crippen LogP contribution >= 0.6 is 0 Å². The fourth-order valence-corrected chi connectivity index (χ4v) is 2.88. The molecule has 0 atom stereocenters. The van der Waals surface area contributed by atoms with Crippen LogP contribution in [0.3, 0.4) is 0 Å². The summed E-state index contributed by atoms with van der Waals surface area (Å²) in [4.78, 5) is 27.5. The highest BCUT2D eigenvalue weighted by Crippen LogP contribution is 2.16. The summed E-state index contributed by atoms with van der Waals surface area (Å²) in [7, 11) is 5.07. The number of carbonyl (C=O) groups is 2. The second kappa shape index (κ2) is 7.98. The third-order valence-electron chi connectivity index (χ3n) is 4.28. The van der Waals surface area contributed by atoms with Gasteiger partial charge in [-0.05, 0) is 30.3 Å². The summed E-state index contributed by atoms with van der Waals surface area (Å²) in [5.74, 6) is 0.728. The van der Waals surface area contributed by atoms with Crippen molar-refractivity contribution in [2.75, 3.05) is 33.1 Å². The fraction of sp³-hybridized carbons (Fsp3) is 0.389. The van der Waals surface area contributed by atoms with Crippen LogP contribution in [0.5, 0.6) is 5.75 Å². The van der Waals surface area contributed by atoms with Gasteiger partial charge in [0.15, 0.2) is 0 Å². The molecule has 0 bridgehead atoms. The lowest BCUT2D eigenvalue weighted by Crippen LogP contribution is -2.43. The molecule has 1 aliphatic heterocycles. The lowest BCUT2D eigenvalue weighted by atomic mass is 10.3.